The van der Waals surface area contributed by atoms with E-state index in [9.17, 15) is 9.59 Å². The molecule has 0 radical (unpaired) electrons. The molecule has 4 aromatic rings. The minimum absolute atomic E-state index is 0.0417. The molecule has 1 fully saturated rings. The van der Waals surface area contributed by atoms with Crippen molar-refractivity contribution in [2.45, 2.75) is 46.5 Å². The first-order valence-corrected chi connectivity index (χ1v) is 13.9. The summed E-state index contributed by atoms with van der Waals surface area (Å²) in [6.45, 7) is 7.83. The van der Waals surface area contributed by atoms with E-state index in [1.807, 2.05) is 19.1 Å². The predicted molar refractivity (Wildman–Crippen MR) is 157 cm³/mol. The minimum atomic E-state index is -1.17. The molecule has 0 aliphatic heterocycles. The van der Waals surface area contributed by atoms with Crippen molar-refractivity contribution in [3.63, 3.8) is 0 Å². The van der Waals surface area contributed by atoms with Gasteiger partial charge in [-0.15, -0.1) is 0 Å². The van der Waals surface area contributed by atoms with Crippen molar-refractivity contribution >= 4 is 40.2 Å². The number of halogens is 1. The van der Waals surface area contributed by atoms with Gasteiger partial charge in [-0.25, -0.2) is 19.3 Å². The Morgan fingerprint density at radius 1 is 0.927 bits per heavy atom. The van der Waals surface area contributed by atoms with Crippen molar-refractivity contribution < 1.29 is 18.7 Å². The maximum Gasteiger partial charge on any atom is 0.240 e. The van der Waals surface area contributed by atoms with Crippen LogP contribution >= 0.6 is 0 Å². The number of anilines is 3. The van der Waals surface area contributed by atoms with Crippen molar-refractivity contribution in [1.29, 1.82) is 0 Å². The first-order chi connectivity index (χ1) is 19.8. The van der Waals surface area contributed by atoms with E-state index in [1.165, 1.54) is 24.4 Å². The maximum absolute atomic E-state index is 15.2. The van der Waals surface area contributed by atoms with E-state index in [0.29, 0.717) is 41.3 Å². The number of hydrogen-bond donors (Lipinski definition) is 2. The van der Waals surface area contributed by atoms with Crippen LogP contribution in [0.1, 0.15) is 45.1 Å². The van der Waals surface area contributed by atoms with E-state index < -0.39 is 17.1 Å². The number of pyridine rings is 1. The van der Waals surface area contributed by atoms with Crippen LogP contribution in [0.25, 0.3) is 11.2 Å². The fraction of sp³-hybridized carbons (Fsp3) is 0.323. The summed E-state index contributed by atoms with van der Waals surface area (Å²) in [6, 6.07) is 13.1. The van der Waals surface area contributed by atoms with Gasteiger partial charge in [0.05, 0.1) is 6.20 Å². The van der Waals surface area contributed by atoms with Crippen LogP contribution in [0.2, 0.25) is 0 Å². The summed E-state index contributed by atoms with van der Waals surface area (Å²) in [5.41, 5.74) is 1.56. The largest absolute Gasteiger partial charge is 0.452 e. The number of ether oxygens (including phenoxy) is 1. The lowest BCUT2D eigenvalue weighted by atomic mass is 10.0. The molecule has 9 nitrogen and oxygen atoms in total. The normalized spacial score (nSPS) is 13.5. The molecule has 0 unspecified atom stereocenters. The molecule has 2 aromatic carbocycles. The Balaban J connectivity index is 1.30. The summed E-state index contributed by atoms with van der Waals surface area (Å²) in [6.07, 6.45) is 5.99. The molecule has 2 heterocycles. The molecule has 2 amide bonds. The molecule has 1 saturated carbocycles. The number of aromatic nitrogens is 3. The number of rotatable bonds is 11. The van der Waals surface area contributed by atoms with Crippen LogP contribution in [0, 0.1) is 18.2 Å². The number of carbonyl (C=O) groups excluding carboxylic acids is 2. The average Bonchev–Trinajstić information content (AvgIpc) is 3.78. The highest BCUT2D eigenvalue weighted by Gasteiger charge is 2.56. The van der Waals surface area contributed by atoms with Crippen LogP contribution in [0.5, 0.6) is 11.5 Å². The van der Waals surface area contributed by atoms with Crippen molar-refractivity contribution in [1.82, 2.24) is 15.0 Å². The SMILES string of the molecule is CCCN(CCC)c1cnc2nccc(Oc3ccc(NC(=O)C4(C(=O)Nc5ccc(C)cc5)CC4)cc3F)c2n1. The van der Waals surface area contributed by atoms with E-state index in [1.54, 1.807) is 24.4 Å². The summed E-state index contributed by atoms with van der Waals surface area (Å²) in [5, 5.41) is 5.51. The van der Waals surface area contributed by atoms with Gasteiger partial charge in [-0.3, -0.25) is 9.59 Å². The van der Waals surface area contributed by atoms with Crippen molar-refractivity contribution in [2.24, 2.45) is 5.41 Å². The average molecular weight is 557 g/mol. The second-order valence-electron chi connectivity index (χ2n) is 10.3. The van der Waals surface area contributed by atoms with E-state index in [4.69, 9.17) is 9.72 Å². The Labute approximate surface area is 238 Å². The van der Waals surface area contributed by atoms with E-state index in [0.717, 1.165) is 31.5 Å². The van der Waals surface area contributed by atoms with Crippen molar-refractivity contribution in [3.8, 4) is 11.5 Å². The van der Waals surface area contributed by atoms with Gasteiger partial charge < -0.3 is 20.3 Å². The first-order valence-electron chi connectivity index (χ1n) is 13.9. The number of amides is 2. The Bertz CT molecular complexity index is 1570. The van der Waals surface area contributed by atoms with Crippen molar-refractivity contribution in [2.75, 3.05) is 28.6 Å². The Hall–Kier alpha value is -4.60. The summed E-state index contributed by atoms with van der Waals surface area (Å²) >= 11 is 0. The summed E-state index contributed by atoms with van der Waals surface area (Å²) in [7, 11) is 0. The van der Waals surface area contributed by atoms with Gasteiger partial charge in [0.1, 0.15) is 11.2 Å². The third-order valence-electron chi connectivity index (χ3n) is 7.05. The highest BCUT2D eigenvalue weighted by atomic mass is 19.1. The monoisotopic (exact) mass is 556 g/mol. The number of aryl methyl sites for hydroxylation is 1. The quantitative estimate of drug-likeness (QED) is 0.210. The molecule has 1 aliphatic rings. The molecule has 0 atom stereocenters. The van der Waals surface area contributed by atoms with Gasteiger partial charge in [0, 0.05) is 42.8 Å². The second kappa shape index (κ2) is 11.9. The summed E-state index contributed by atoms with van der Waals surface area (Å²) < 4.78 is 21.1. The lowest BCUT2D eigenvalue weighted by molar-refractivity contribution is -0.131. The number of nitrogens with zero attached hydrogens (tertiary/aromatic N) is 4. The fourth-order valence-corrected chi connectivity index (χ4v) is 4.60. The molecule has 41 heavy (non-hydrogen) atoms. The second-order valence-corrected chi connectivity index (χ2v) is 10.3. The molecule has 5 rings (SSSR count). The van der Waals surface area contributed by atoms with Crippen molar-refractivity contribution in [3.05, 3.63) is 72.3 Å². The smallest absolute Gasteiger partial charge is 0.240 e. The van der Waals surface area contributed by atoms with Crippen LogP contribution in [-0.2, 0) is 9.59 Å². The van der Waals surface area contributed by atoms with Gasteiger partial charge in [-0.05, 0) is 56.9 Å². The summed E-state index contributed by atoms with van der Waals surface area (Å²) in [4.78, 5) is 41.5. The number of nitrogens with one attached hydrogen (secondary N) is 2. The third-order valence-corrected chi connectivity index (χ3v) is 7.05. The lowest BCUT2D eigenvalue weighted by Crippen LogP contribution is -2.35. The molecule has 0 saturated heterocycles. The number of fused-ring (bicyclic) bond motifs is 1. The van der Waals surface area contributed by atoms with Crippen LogP contribution in [0.3, 0.4) is 0 Å². The molecular formula is C31H33FN6O3. The third kappa shape index (κ3) is 6.11. The zero-order valence-electron chi connectivity index (χ0n) is 23.4. The van der Waals surface area contributed by atoms with Crippen LogP contribution in [-0.4, -0.2) is 39.9 Å². The van der Waals surface area contributed by atoms with Gasteiger partial charge in [-0.2, -0.15) is 0 Å². The van der Waals surface area contributed by atoms with Gasteiger partial charge in [0.25, 0.3) is 0 Å². The molecule has 2 aromatic heterocycles. The maximum atomic E-state index is 15.2. The molecule has 2 N–H and O–H groups in total. The van der Waals surface area contributed by atoms with Gasteiger partial charge in [0.2, 0.25) is 11.8 Å². The van der Waals surface area contributed by atoms with E-state index in [2.05, 4.69) is 39.3 Å². The molecule has 0 spiro atoms. The number of carbonyl (C=O) groups is 2. The molecular weight excluding hydrogens is 523 g/mol. The van der Waals surface area contributed by atoms with E-state index in [-0.39, 0.29) is 17.3 Å². The molecule has 1 aliphatic carbocycles. The fourth-order valence-electron chi connectivity index (χ4n) is 4.60. The Morgan fingerprint density at radius 2 is 1.59 bits per heavy atom. The summed E-state index contributed by atoms with van der Waals surface area (Å²) in [5.74, 6) is -0.539. The van der Waals surface area contributed by atoms with Gasteiger partial charge >= 0.3 is 0 Å². The zero-order valence-corrected chi connectivity index (χ0v) is 23.4. The Kier molecular flexibility index (Phi) is 8.09. The lowest BCUT2D eigenvalue weighted by Gasteiger charge is -2.22. The predicted octanol–water partition coefficient (Wildman–Crippen LogP) is 6.25. The van der Waals surface area contributed by atoms with Crippen LogP contribution in [0.4, 0.5) is 21.6 Å². The number of benzene rings is 2. The Morgan fingerprint density at radius 3 is 2.22 bits per heavy atom. The highest BCUT2D eigenvalue weighted by Crippen LogP contribution is 2.47. The van der Waals surface area contributed by atoms with E-state index >= 15 is 4.39 Å². The highest BCUT2D eigenvalue weighted by molar-refractivity contribution is 6.16. The van der Waals surface area contributed by atoms with Crippen LogP contribution in [0.15, 0.2) is 60.9 Å². The standard InChI is InChI=1S/C31H33FN6O3/c1-4-16-38(17-5-2)26-19-34-28-27(37-26)25(12-15-33-28)41-24-11-10-22(18-23(24)32)36-30(40)31(13-14-31)29(39)35-21-8-6-20(3)7-9-21/h6-12,15,18-19H,4-5,13-14,16-17H2,1-3H3,(H,35,39)(H,36,40). The molecule has 212 valence electrons. The molecule has 0 bridgehead atoms. The van der Waals surface area contributed by atoms with Crippen LogP contribution < -0.4 is 20.3 Å². The number of hydrogen-bond acceptors (Lipinski definition) is 7. The zero-order chi connectivity index (χ0) is 29.0. The molecule has 10 heteroatoms. The topological polar surface area (TPSA) is 109 Å². The first kappa shape index (κ1) is 27.9. The minimum Gasteiger partial charge on any atom is -0.452 e. The van der Waals surface area contributed by atoms with Gasteiger partial charge in [-0.1, -0.05) is 31.5 Å². The van der Waals surface area contributed by atoms with Gasteiger partial charge in [0.15, 0.2) is 28.5 Å².